The van der Waals surface area contributed by atoms with Crippen LogP contribution in [0.15, 0.2) is 5.38 Å². The lowest BCUT2D eigenvalue weighted by Crippen LogP contribution is -2.19. The molecule has 1 aromatic rings. The first kappa shape index (κ1) is 10.9. The van der Waals surface area contributed by atoms with Crippen LogP contribution in [0, 0.1) is 0 Å². The monoisotopic (exact) mass is 225 g/mol. The molecule has 15 heavy (non-hydrogen) atoms. The van der Waals surface area contributed by atoms with Gasteiger partial charge in [-0.3, -0.25) is 0 Å². The number of anilines is 1. The Balaban J connectivity index is 1.56. The molecule has 1 aromatic heterocycles. The Kier molecular flexibility index (Phi) is 3.97. The zero-order valence-corrected chi connectivity index (χ0v) is 10.1. The summed E-state index contributed by atoms with van der Waals surface area (Å²) in [6.45, 7) is 4.29. The van der Waals surface area contributed by atoms with Gasteiger partial charge in [-0.05, 0) is 32.2 Å². The van der Waals surface area contributed by atoms with Crippen LogP contribution in [0.25, 0.3) is 0 Å². The first-order valence-electron chi connectivity index (χ1n) is 5.80. The topological polar surface area (TPSA) is 37.0 Å². The molecule has 0 unspecified atom stereocenters. The summed E-state index contributed by atoms with van der Waals surface area (Å²) in [5.74, 6) is 0. The third-order valence-electron chi connectivity index (χ3n) is 2.55. The molecule has 1 aliphatic rings. The summed E-state index contributed by atoms with van der Waals surface area (Å²) >= 11 is 1.71. The largest absolute Gasteiger partial charge is 0.361 e. The van der Waals surface area contributed by atoms with Gasteiger partial charge in [0.15, 0.2) is 5.13 Å². The van der Waals surface area contributed by atoms with Gasteiger partial charge in [-0.25, -0.2) is 4.98 Å². The van der Waals surface area contributed by atoms with Crippen molar-refractivity contribution < 1.29 is 0 Å². The highest BCUT2D eigenvalue weighted by Gasteiger charge is 2.19. The van der Waals surface area contributed by atoms with Gasteiger partial charge >= 0.3 is 0 Å². The van der Waals surface area contributed by atoms with Crippen LogP contribution in [0.1, 0.15) is 31.9 Å². The molecule has 0 aliphatic heterocycles. The van der Waals surface area contributed by atoms with E-state index >= 15 is 0 Å². The predicted molar refractivity (Wildman–Crippen MR) is 65.6 cm³/mol. The zero-order chi connectivity index (χ0) is 10.5. The number of nitrogens with zero attached hydrogens (tertiary/aromatic N) is 1. The second kappa shape index (κ2) is 5.47. The molecule has 0 spiro atoms. The van der Waals surface area contributed by atoms with Crippen molar-refractivity contribution in [2.45, 2.75) is 38.6 Å². The van der Waals surface area contributed by atoms with Crippen LogP contribution in [0.2, 0.25) is 0 Å². The highest BCUT2D eigenvalue weighted by molar-refractivity contribution is 7.13. The number of aromatic nitrogens is 1. The minimum atomic E-state index is 0.830. The molecular weight excluding hydrogens is 206 g/mol. The predicted octanol–water partition coefficient (Wildman–Crippen LogP) is 2.26. The van der Waals surface area contributed by atoms with Crippen molar-refractivity contribution in [3.05, 3.63) is 11.1 Å². The first-order chi connectivity index (χ1) is 7.38. The number of hydrogen-bond donors (Lipinski definition) is 2. The van der Waals surface area contributed by atoms with Crippen LogP contribution in [0.5, 0.6) is 0 Å². The van der Waals surface area contributed by atoms with Gasteiger partial charge in [0.25, 0.3) is 0 Å². The molecule has 0 aromatic carbocycles. The lowest BCUT2D eigenvalue weighted by molar-refractivity contribution is 0.659. The number of nitrogens with one attached hydrogen (secondary N) is 2. The van der Waals surface area contributed by atoms with Crippen LogP contribution in [-0.2, 0) is 6.42 Å². The van der Waals surface area contributed by atoms with Crippen molar-refractivity contribution in [1.29, 1.82) is 0 Å². The van der Waals surface area contributed by atoms with E-state index in [0.29, 0.717) is 0 Å². The molecule has 0 radical (unpaired) electrons. The van der Waals surface area contributed by atoms with Crippen molar-refractivity contribution in [3.63, 3.8) is 0 Å². The molecule has 3 nitrogen and oxygen atoms in total. The van der Waals surface area contributed by atoms with E-state index in [9.17, 15) is 0 Å². The summed E-state index contributed by atoms with van der Waals surface area (Å²) in [4.78, 5) is 4.46. The van der Waals surface area contributed by atoms with E-state index < -0.39 is 0 Å². The van der Waals surface area contributed by atoms with E-state index in [1.54, 1.807) is 11.3 Å². The smallest absolute Gasteiger partial charge is 0.182 e. The standard InChI is InChI=1S/C11H19N3S/c1-2-9-8-15-11(14-9)13-7-3-6-12-10-4-5-10/h8,10,12H,2-7H2,1H3,(H,13,14). The highest BCUT2D eigenvalue weighted by Crippen LogP contribution is 2.18. The van der Waals surface area contributed by atoms with Gasteiger partial charge in [-0.15, -0.1) is 11.3 Å². The maximum atomic E-state index is 4.46. The number of hydrogen-bond acceptors (Lipinski definition) is 4. The average Bonchev–Trinajstić information content (AvgIpc) is 2.96. The van der Waals surface area contributed by atoms with Crippen LogP contribution < -0.4 is 10.6 Å². The summed E-state index contributed by atoms with van der Waals surface area (Å²) in [6.07, 6.45) is 4.96. The maximum Gasteiger partial charge on any atom is 0.182 e. The van der Waals surface area contributed by atoms with Crippen LogP contribution in [0.4, 0.5) is 5.13 Å². The van der Waals surface area contributed by atoms with E-state index in [1.165, 1.54) is 25.0 Å². The Morgan fingerprint density at radius 3 is 3.00 bits per heavy atom. The fourth-order valence-corrected chi connectivity index (χ4v) is 2.25. The molecule has 1 saturated carbocycles. The lowest BCUT2D eigenvalue weighted by Gasteiger charge is -2.03. The molecular formula is C11H19N3S. The minimum Gasteiger partial charge on any atom is -0.361 e. The average molecular weight is 225 g/mol. The third-order valence-corrected chi connectivity index (χ3v) is 3.40. The zero-order valence-electron chi connectivity index (χ0n) is 9.25. The Labute approximate surface area is 95.3 Å². The molecule has 2 N–H and O–H groups in total. The molecule has 0 saturated heterocycles. The Bertz CT molecular complexity index is 294. The fourth-order valence-electron chi connectivity index (χ4n) is 1.43. The summed E-state index contributed by atoms with van der Waals surface area (Å²) in [5, 5.41) is 10.1. The lowest BCUT2D eigenvalue weighted by atomic mass is 10.4. The van der Waals surface area contributed by atoms with Crippen molar-refractivity contribution >= 4 is 16.5 Å². The van der Waals surface area contributed by atoms with Gasteiger partial charge in [0.1, 0.15) is 0 Å². The number of thiazole rings is 1. The number of rotatable bonds is 7. The molecule has 0 amide bonds. The van der Waals surface area contributed by atoms with E-state index in [-0.39, 0.29) is 0 Å². The highest BCUT2D eigenvalue weighted by atomic mass is 32.1. The quantitative estimate of drug-likeness (QED) is 0.699. The number of aryl methyl sites for hydroxylation is 1. The summed E-state index contributed by atoms with van der Waals surface area (Å²) < 4.78 is 0. The fraction of sp³-hybridized carbons (Fsp3) is 0.727. The van der Waals surface area contributed by atoms with Gasteiger partial charge < -0.3 is 10.6 Å². The van der Waals surface area contributed by atoms with E-state index in [1.807, 2.05) is 0 Å². The molecule has 1 fully saturated rings. The van der Waals surface area contributed by atoms with Crippen molar-refractivity contribution in [2.75, 3.05) is 18.4 Å². The van der Waals surface area contributed by atoms with Gasteiger partial charge in [0.05, 0.1) is 5.69 Å². The van der Waals surface area contributed by atoms with Crippen molar-refractivity contribution in [2.24, 2.45) is 0 Å². The Morgan fingerprint density at radius 2 is 2.33 bits per heavy atom. The van der Waals surface area contributed by atoms with Gasteiger partial charge in [-0.1, -0.05) is 6.92 Å². The summed E-state index contributed by atoms with van der Waals surface area (Å²) in [7, 11) is 0. The van der Waals surface area contributed by atoms with Gasteiger partial charge in [-0.2, -0.15) is 0 Å². The van der Waals surface area contributed by atoms with Crippen LogP contribution >= 0.6 is 11.3 Å². The Hall–Kier alpha value is -0.610. The van der Waals surface area contributed by atoms with Crippen molar-refractivity contribution in [3.8, 4) is 0 Å². The molecule has 1 heterocycles. The molecule has 1 aliphatic carbocycles. The molecule has 84 valence electrons. The summed E-state index contributed by atoms with van der Waals surface area (Å²) in [5.41, 5.74) is 1.19. The normalized spacial score (nSPS) is 15.5. The van der Waals surface area contributed by atoms with Gasteiger partial charge in [0.2, 0.25) is 0 Å². The minimum absolute atomic E-state index is 0.830. The third kappa shape index (κ3) is 3.80. The van der Waals surface area contributed by atoms with E-state index in [0.717, 1.165) is 30.7 Å². The first-order valence-corrected chi connectivity index (χ1v) is 6.68. The summed E-state index contributed by atoms with van der Waals surface area (Å²) in [6, 6.07) is 0.830. The van der Waals surface area contributed by atoms with Crippen LogP contribution in [-0.4, -0.2) is 24.1 Å². The molecule has 0 atom stereocenters. The Morgan fingerprint density at radius 1 is 1.47 bits per heavy atom. The molecule has 4 heteroatoms. The molecule has 2 rings (SSSR count). The second-order valence-corrected chi connectivity index (χ2v) is 4.86. The SMILES string of the molecule is CCc1csc(NCCCNC2CC2)n1. The van der Waals surface area contributed by atoms with Crippen molar-refractivity contribution in [1.82, 2.24) is 10.3 Å². The second-order valence-electron chi connectivity index (χ2n) is 4.01. The van der Waals surface area contributed by atoms with Gasteiger partial charge in [0, 0.05) is 18.0 Å². The van der Waals surface area contributed by atoms with Crippen LogP contribution in [0.3, 0.4) is 0 Å². The maximum absolute atomic E-state index is 4.46. The van der Waals surface area contributed by atoms with E-state index in [2.05, 4.69) is 27.9 Å². The molecule has 0 bridgehead atoms. The van der Waals surface area contributed by atoms with E-state index in [4.69, 9.17) is 0 Å².